The van der Waals surface area contributed by atoms with Crippen molar-refractivity contribution in [3.63, 3.8) is 0 Å². The van der Waals surface area contributed by atoms with Gasteiger partial charge in [0.1, 0.15) is 0 Å². The van der Waals surface area contributed by atoms with E-state index in [1.165, 1.54) is 50.0 Å². The van der Waals surface area contributed by atoms with Crippen molar-refractivity contribution < 1.29 is 9.53 Å². The molecule has 7 rings (SSSR count). The summed E-state index contributed by atoms with van der Waals surface area (Å²) >= 11 is 0. The minimum absolute atomic E-state index is 0.00114. The van der Waals surface area contributed by atoms with E-state index in [1.807, 2.05) is 0 Å². The number of hydrogen-bond donors (Lipinski definition) is 1. The van der Waals surface area contributed by atoms with Gasteiger partial charge >= 0.3 is 5.97 Å². The van der Waals surface area contributed by atoms with E-state index in [0.29, 0.717) is 11.5 Å². The molecule has 3 aliphatic heterocycles. The number of anilines is 1. The van der Waals surface area contributed by atoms with Crippen molar-refractivity contribution in [2.45, 2.75) is 55.5 Å². The van der Waals surface area contributed by atoms with Crippen LogP contribution in [0.3, 0.4) is 0 Å². The summed E-state index contributed by atoms with van der Waals surface area (Å²) in [7, 11) is 1.56. The molecular weight excluding hydrogens is 312 g/mol. The number of rotatable bonds is 1. The predicted molar refractivity (Wildman–Crippen MR) is 95.5 cm³/mol. The fourth-order valence-corrected chi connectivity index (χ4v) is 8.03. The van der Waals surface area contributed by atoms with Gasteiger partial charge in [0.05, 0.1) is 18.6 Å². The van der Waals surface area contributed by atoms with Crippen LogP contribution in [-0.2, 0) is 14.9 Å². The van der Waals surface area contributed by atoms with Gasteiger partial charge in [0.15, 0.2) is 0 Å². The van der Waals surface area contributed by atoms with Gasteiger partial charge in [0.25, 0.3) is 0 Å². The Labute approximate surface area is 148 Å². The average molecular weight is 338 g/mol. The molecule has 3 aliphatic carbocycles. The zero-order valence-corrected chi connectivity index (χ0v) is 14.9. The lowest BCUT2D eigenvalue weighted by atomic mass is 9.39. The van der Waals surface area contributed by atoms with Crippen LogP contribution in [0.2, 0.25) is 0 Å². The Bertz CT molecular complexity index is 779. The molecule has 1 aromatic rings. The van der Waals surface area contributed by atoms with Gasteiger partial charge in [-0.1, -0.05) is 18.2 Å². The second-order valence-electron chi connectivity index (χ2n) is 9.05. The summed E-state index contributed by atoms with van der Waals surface area (Å²) in [5.74, 6) is -0.0193. The monoisotopic (exact) mass is 338 g/mol. The third kappa shape index (κ3) is 1.38. The number of piperidine rings is 1. The molecule has 3 spiro atoms. The fraction of sp³-hybridized carbons (Fsp3) is 0.667. The molecular formula is C21H26N2O2. The molecule has 6 aliphatic rings. The Hall–Kier alpha value is -1.55. The number of nitrogens with one attached hydrogen (secondary N) is 1. The smallest absolute Gasteiger partial charge is 0.311 e. The van der Waals surface area contributed by atoms with E-state index in [9.17, 15) is 4.79 Å². The summed E-state index contributed by atoms with van der Waals surface area (Å²) in [6, 6.07) is 9.45. The fourth-order valence-electron chi connectivity index (χ4n) is 8.03. The number of ether oxygens (including phenoxy) is 1. The van der Waals surface area contributed by atoms with E-state index in [2.05, 4.69) is 34.5 Å². The molecule has 0 radical (unpaired) electrons. The number of carbonyl (C=O) groups excluding carboxylic acids is 1. The number of carbonyl (C=O) groups is 1. The standard InChI is InChI=1S/C21H26N2O2/c1-25-17(24)15-13-19-7-4-11-23-12-10-20(18(19)23)14-5-2-3-6-16(14)22-21(15,20)9-8-19/h2-3,5-6,15,18,22H,4,7-13H2,1H3/t15-,18?,19+,20?,21+/m0/s1. The quantitative estimate of drug-likeness (QED) is 0.800. The minimum atomic E-state index is -0.151. The average Bonchev–Trinajstić information content (AvgIpc) is 3.19. The molecule has 1 N–H and O–H groups in total. The van der Waals surface area contributed by atoms with Crippen LogP contribution in [0.4, 0.5) is 5.69 Å². The molecule has 25 heavy (non-hydrogen) atoms. The molecule has 1 aromatic carbocycles. The van der Waals surface area contributed by atoms with Crippen molar-refractivity contribution in [1.82, 2.24) is 4.90 Å². The number of hydrogen-bond acceptors (Lipinski definition) is 4. The zero-order chi connectivity index (χ0) is 16.9. The van der Waals surface area contributed by atoms with E-state index in [1.54, 1.807) is 7.11 Å². The van der Waals surface area contributed by atoms with Gasteiger partial charge in [0.2, 0.25) is 0 Å². The minimum Gasteiger partial charge on any atom is -0.469 e. The van der Waals surface area contributed by atoms with Crippen molar-refractivity contribution in [2.75, 3.05) is 25.5 Å². The van der Waals surface area contributed by atoms with Gasteiger partial charge in [-0.2, -0.15) is 0 Å². The summed E-state index contributed by atoms with van der Waals surface area (Å²) in [6.45, 7) is 2.41. The Balaban J connectivity index is 1.65. The van der Waals surface area contributed by atoms with Crippen LogP contribution in [0.15, 0.2) is 24.3 Å². The predicted octanol–water partition coefficient (Wildman–Crippen LogP) is 2.93. The summed E-state index contributed by atoms with van der Waals surface area (Å²) in [5, 5.41) is 3.92. The van der Waals surface area contributed by atoms with Crippen LogP contribution in [0.1, 0.15) is 44.1 Å². The second-order valence-corrected chi connectivity index (χ2v) is 9.05. The van der Waals surface area contributed by atoms with Gasteiger partial charge < -0.3 is 10.1 Å². The van der Waals surface area contributed by atoms with Gasteiger partial charge in [-0.3, -0.25) is 9.69 Å². The molecule has 5 atom stereocenters. The van der Waals surface area contributed by atoms with Gasteiger partial charge in [-0.25, -0.2) is 0 Å². The highest BCUT2D eigenvalue weighted by Gasteiger charge is 2.78. The van der Waals surface area contributed by atoms with Crippen molar-refractivity contribution >= 4 is 11.7 Å². The van der Waals surface area contributed by atoms with E-state index in [4.69, 9.17) is 4.74 Å². The van der Waals surface area contributed by atoms with Crippen LogP contribution in [-0.4, -0.2) is 42.6 Å². The maximum Gasteiger partial charge on any atom is 0.311 e. The second kappa shape index (κ2) is 4.40. The van der Waals surface area contributed by atoms with Crippen molar-refractivity contribution in [1.29, 1.82) is 0 Å². The van der Waals surface area contributed by atoms with Gasteiger partial charge in [-0.05, 0) is 68.7 Å². The summed E-state index contributed by atoms with van der Waals surface area (Å²) in [4.78, 5) is 15.7. The van der Waals surface area contributed by atoms with Crippen LogP contribution < -0.4 is 5.32 Å². The molecule has 2 bridgehead atoms. The first-order valence-electron chi connectivity index (χ1n) is 9.87. The third-order valence-corrected chi connectivity index (χ3v) is 8.60. The number of nitrogens with zero attached hydrogens (tertiary/aromatic N) is 1. The van der Waals surface area contributed by atoms with Crippen LogP contribution in [0.5, 0.6) is 0 Å². The van der Waals surface area contributed by atoms with E-state index >= 15 is 0 Å². The Morgan fingerprint density at radius 2 is 2.08 bits per heavy atom. The molecule has 2 unspecified atom stereocenters. The SMILES string of the molecule is COC(=O)[C@@H]1C[C@@]23CCCN4CCC5(c6ccccc6N[C@]15CC2)C43. The molecule has 5 fully saturated rings. The lowest BCUT2D eigenvalue weighted by molar-refractivity contribution is -0.171. The number of para-hydroxylation sites is 1. The van der Waals surface area contributed by atoms with Crippen LogP contribution in [0.25, 0.3) is 0 Å². The first kappa shape index (κ1) is 14.6. The topological polar surface area (TPSA) is 41.6 Å². The number of fused-ring (bicyclic) bond motifs is 3. The molecule has 4 heteroatoms. The summed E-state index contributed by atoms with van der Waals surface area (Å²) < 4.78 is 5.33. The zero-order valence-electron chi connectivity index (χ0n) is 14.9. The molecule has 0 amide bonds. The lowest BCUT2D eigenvalue weighted by Crippen LogP contribution is -2.76. The molecule has 3 heterocycles. The van der Waals surface area contributed by atoms with Crippen molar-refractivity contribution in [3.05, 3.63) is 29.8 Å². The van der Waals surface area contributed by atoms with Crippen LogP contribution in [0, 0.1) is 11.3 Å². The normalized spacial score (nSPS) is 46.1. The highest BCUT2D eigenvalue weighted by molar-refractivity contribution is 5.80. The maximum atomic E-state index is 12.9. The summed E-state index contributed by atoms with van der Waals surface area (Å²) in [5.41, 5.74) is 2.97. The Morgan fingerprint density at radius 3 is 2.96 bits per heavy atom. The first-order chi connectivity index (χ1) is 12.2. The maximum absolute atomic E-state index is 12.9. The van der Waals surface area contributed by atoms with E-state index in [0.717, 1.165) is 12.8 Å². The number of methoxy groups -OCH3 is 1. The molecule has 3 saturated carbocycles. The lowest BCUT2D eigenvalue weighted by Gasteiger charge is -2.69. The number of esters is 1. The molecule has 132 valence electrons. The first-order valence-corrected chi connectivity index (χ1v) is 9.87. The molecule has 4 nitrogen and oxygen atoms in total. The third-order valence-electron chi connectivity index (χ3n) is 8.60. The largest absolute Gasteiger partial charge is 0.469 e. The summed E-state index contributed by atoms with van der Waals surface area (Å²) in [6.07, 6.45) is 7.10. The Morgan fingerprint density at radius 1 is 1.20 bits per heavy atom. The molecule has 0 aromatic heterocycles. The Kier molecular flexibility index (Phi) is 2.57. The van der Waals surface area contributed by atoms with Gasteiger partial charge in [-0.15, -0.1) is 0 Å². The van der Waals surface area contributed by atoms with E-state index in [-0.39, 0.29) is 22.8 Å². The van der Waals surface area contributed by atoms with Gasteiger partial charge in [0, 0.05) is 17.1 Å². The van der Waals surface area contributed by atoms with Crippen LogP contribution >= 0.6 is 0 Å². The highest BCUT2D eigenvalue weighted by atomic mass is 16.5. The van der Waals surface area contributed by atoms with Crippen molar-refractivity contribution in [2.24, 2.45) is 11.3 Å². The molecule has 2 saturated heterocycles. The van der Waals surface area contributed by atoms with E-state index < -0.39 is 0 Å². The van der Waals surface area contributed by atoms with Crippen molar-refractivity contribution in [3.8, 4) is 0 Å². The number of benzene rings is 1. The highest BCUT2D eigenvalue weighted by Crippen LogP contribution is 2.74.